The molecule has 4 amide bonds. The van der Waals surface area contributed by atoms with E-state index in [0.29, 0.717) is 91.1 Å². The average molecular weight is 1020 g/mol. The Morgan fingerprint density at radius 3 is 0.542 bits per heavy atom. The Morgan fingerprint density at radius 1 is 0.222 bits per heavy atom. The van der Waals surface area contributed by atoms with Crippen LogP contribution in [0.2, 0.25) is 0 Å². The van der Waals surface area contributed by atoms with E-state index in [1.807, 2.05) is 0 Å². The number of amides is 4. The monoisotopic (exact) mass is 1020 g/mol. The summed E-state index contributed by atoms with van der Waals surface area (Å²) in [6.45, 7) is 15.5. The number of nitrogens with zero attached hydrogens (tertiary/aromatic N) is 2. The van der Waals surface area contributed by atoms with Crippen molar-refractivity contribution in [2.24, 2.45) is 0 Å². The molecule has 0 unspecified atom stereocenters. The predicted octanol–water partition coefficient (Wildman–Crippen LogP) is 15.3. The van der Waals surface area contributed by atoms with Gasteiger partial charge in [0, 0.05) is 91.1 Å². The lowest BCUT2D eigenvalue weighted by Gasteiger charge is -2.27. The molecule has 0 atom stereocenters. The third kappa shape index (κ3) is 54.1. The van der Waals surface area contributed by atoms with E-state index in [1.54, 1.807) is 0 Å². The van der Waals surface area contributed by atoms with E-state index >= 15 is 0 Å². The second-order valence-corrected chi connectivity index (χ2v) is 21.8. The third-order valence-corrected chi connectivity index (χ3v) is 14.8. The number of nitrogens with one attached hydrogen (secondary N) is 4. The molecule has 0 bridgehead atoms. The highest BCUT2D eigenvalue weighted by Gasteiger charge is 2.16. The van der Waals surface area contributed by atoms with Crippen LogP contribution in [0, 0.1) is 0 Å². The first kappa shape index (κ1) is 69.8. The van der Waals surface area contributed by atoms with Gasteiger partial charge in [-0.15, -0.1) is 0 Å². The Balaban J connectivity index is 5.23. The maximum Gasteiger partial charge on any atom is 0.221 e. The van der Waals surface area contributed by atoms with Crippen LogP contribution < -0.4 is 21.3 Å². The highest BCUT2D eigenvalue weighted by atomic mass is 16.2. The van der Waals surface area contributed by atoms with Gasteiger partial charge in [-0.25, -0.2) is 0 Å². The van der Waals surface area contributed by atoms with Gasteiger partial charge in [-0.05, 0) is 25.7 Å². The smallest absolute Gasteiger partial charge is 0.221 e. The molecule has 0 aromatic rings. The van der Waals surface area contributed by atoms with Crippen molar-refractivity contribution in [2.45, 2.75) is 310 Å². The van der Waals surface area contributed by atoms with E-state index in [-0.39, 0.29) is 23.6 Å². The average Bonchev–Trinajstić information content (AvgIpc) is 3.38. The second-order valence-electron chi connectivity index (χ2n) is 21.8. The van der Waals surface area contributed by atoms with E-state index in [2.05, 4.69) is 58.8 Å². The Kier molecular flexibility index (Phi) is 56.3. The van der Waals surface area contributed by atoms with Gasteiger partial charge < -0.3 is 31.1 Å². The number of carbonyl (C=O) groups excluding carboxylic acids is 4. The molecule has 4 N–H and O–H groups in total. The lowest BCUT2D eigenvalue weighted by atomic mass is 10.1. The van der Waals surface area contributed by atoms with Crippen molar-refractivity contribution in [3.05, 3.63) is 0 Å². The van der Waals surface area contributed by atoms with Crippen LogP contribution in [0.1, 0.15) is 310 Å². The molecule has 72 heavy (non-hydrogen) atoms. The van der Waals surface area contributed by atoms with Crippen molar-refractivity contribution in [1.29, 1.82) is 0 Å². The van der Waals surface area contributed by atoms with Crippen LogP contribution in [-0.4, -0.2) is 98.9 Å². The van der Waals surface area contributed by atoms with E-state index in [4.69, 9.17) is 0 Å². The summed E-state index contributed by atoms with van der Waals surface area (Å²) in [5, 5.41) is 12.6. The number of hydrogen-bond acceptors (Lipinski definition) is 6. The quantitative estimate of drug-likeness (QED) is 0.0450. The molecule has 0 aliphatic heterocycles. The van der Waals surface area contributed by atoms with Gasteiger partial charge in [0.1, 0.15) is 0 Å². The summed E-state index contributed by atoms with van der Waals surface area (Å²) in [5.41, 5.74) is 0. The Hall–Kier alpha value is -2.20. The highest BCUT2D eigenvalue weighted by molar-refractivity contribution is 5.77. The molecule has 0 fully saturated rings. The minimum absolute atomic E-state index is 0.0661. The largest absolute Gasteiger partial charge is 0.356 e. The molecule has 426 valence electrons. The SMILES string of the molecule is CCCCCCCCCCCCNC(=O)CCN(CCC(=O)NCCCCCCCCCCCC)CCN(CCC(=O)NCCCCCCCCCCCC)CCC(=O)NCCCCCCCCCCCC. The van der Waals surface area contributed by atoms with Crippen LogP contribution in [-0.2, 0) is 19.2 Å². The standard InChI is InChI=1S/C62H124N6O4/c1-5-9-13-17-21-25-29-33-37-41-49-63-59(69)45-53-67(54-46-60(70)64-50-42-38-34-30-26-22-18-14-10-6-2)57-58-68(55-47-61(71)65-51-43-39-35-31-27-23-19-15-11-7-3)56-48-62(72)66-52-44-40-36-32-28-24-20-16-12-8-4/h5-58H2,1-4H3,(H,63,69)(H,64,70)(H,65,71)(H,66,72). The number of rotatable bonds is 59. The molecule has 0 spiro atoms. The summed E-state index contributed by atoms with van der Waals surface area (Å²) >= 11 is 0. The van der Waals surface area contributed by atoms with Crippen molar-refractivity contribution in [3.63, 3.8) is 0 Å². The van der Waals surface area contributed by atoms with Gasteiger partial charge in [0.15, 0.2) is 0 Å². The van der Waals surface area contributed by atoms with Crippen molar-refractivity contribution in [1.82, 2.24) is 31.1 Å². The Labute approximate surface area is 447 Å². The summed E-state index contributed by atoms with van der Waals surface area (Å²) in [6.07, 6.45) is 52.4. The fourth-order valence-electron chi connectivity index (χ4n) is 9.71. The molecule has 0 aliphatic rings. The first-order valence-electron chi connectivity index (χ1n) is 31.9. The molecular weight excluding hydrogens is 893 g/mol. The summed E-state index contributed by atoms with van der Waals surface area (Å²) in [5.74, 6) is 0.264. The maximum atomic E-state index is 13.1. The zero-order chi connectivity index (χ0) is 52.5. The zero-order valence-electron chi connectivity index (χ0n) is 48.7. The molecule has 10 nitrogen and oxygen atoms in total. The van der Waals surface area contributed by atoms with E-state index < -0.39 is 0 Å². The van der Waals surface area contributed by atoms with Crippen molar-refractivity contribution < 1.29 is 19.2 Å². The van der Waals surface area contributed by atoms with Crippen LogP contribution in [0.5, 0.6) is 0 Å². The third-order valence-electron chi connectivity index (χ3n) is 14.8. The first-order chi connectivity index (χ1) is 35.4. The molecule has 0 saturated heterocycles. The van der Waals surface area contributed by atoms with Crippen LogP contribution in [0.3, 0.4) is 0 Å². The lowest BCUT2D eigenvalue weighted by Crippen LogP contribution is -2.41. The number of hydrogen-bond donors (Lipinski definition) is 4. The lowest BCUT2D eigenvalue weighted by molar-refractivity contribution is -0.123. The Morgan fingerprint density at radius 2 is 0.375 bits per heavy atom. The molecule has 0 radical (unpaired) electrons. The zero-order valence-corrected chi connectivity index (χ0v) is 48.7. The molecular formula is C62H124N6O4. The van der Waals surface area contributed by atoms with Gasteiger partial charge in [0.2, 0.25) is 23.6 Å². The molecule has 0 rings (SSSR count). The van der Waals surface area contributed by atoms with E-state index in [9.17, 15) is 19.2 Å². The van der Waals surface area contributed by atoms with E-state index in [0.717, 1.165) is 51.4 Å². The first-order valence-corrected chi connectivity index (χ1v) is 31.9. The fraction of sp³-hybridized carbons (Fsp3) is 0.935. The van der Waals surface area contributed by atoms with Crippen LogP contribution in [0.4, 0.5) is 0 Å². The molecule has 0 heterocycles. The van der Waals surface area contributed by atoms with Crippen LogP contribution in [0.15, 0.2) is 0 Å². The van der Waals surface area contributed by atoms with E-state index in [1.165, 1.54) is 205 Å². The summed E-state index contributed by atoms with van der Waals surface area (Å²) in [7, 11) is 0. The molecule has 0 aliphatic carbocycles. The summed E-state index contributed by atoms with van der Waals surface area (Å²) in [6, 6.07) is 0. The summed E-state index contributed by atoms with van der Waals surface area (Å²) in [4.78, 5) is 56.8. The predicted molar refractivity (Wildman–Crippen MR) is 311 cm³/mol. The van der Waals surface area contributed by atoms with Gasteiger partial charge in [-0.1, -0.05) is 259 Å². The van der Waals surface area contributed by atoms with Gasteiger partial charge in [-0.2, -0.15) is 0 Å². The van der Waals surface area contributed by atoms with Crippen LogP contribution >= 0.6 is 0 Å². The Bertz CT molecular complexity index is 1000. The van der Waals surface area contributed by atoms with Gasteiger partial charge in [0.25, 0.3) is 0 Å². The van der Waals surface area contributed by atoms with Gasteiger partial charge >= 0.3 is 0 Å². The van der Waals surface area contributed by atoms with Gasteiger partial charge in [-0.3, -0.25) is 19.2 Å². The molecule has 0 aromatic heterocycles. The van der Waals surface area contributed by atoms with Crippen LogP contribution in [0.25, 0.3) is 0 Å². The maximum absolute atomic E-state index is 13.1. The minimum Gasteiger partial charge on any atom is -0.356 e. The number of unbranched alkanes of at least 4 members (excludes halogenated alkanes) is 36. The normalized spacial score (nSPS) is 11.5. The molecule has 0 aromatic carbocycles. The number of carbonyl (C=O) groups is 4. The van der Waals surface area contributed by atoms with Crippen molar-refractivity contribution in [3.8, 4) is 0 Å². The summed E-state index contributed by atoms with van der Waals surface area (Å²) < 4.78 is 0. The molecule has 10 heteroatoms. The van der Waals surface area contributed by atoms with Gasteiger partial charge in [0.05, 0.1) is 0 Å². The fourth-order valence-corrected chi connectivity index (χ4v) is 9.71. The van der Waals surface area contributed by atoms with Crippen molar-refractivity contribution >= 4 is 23.6 Å². The second kappa shape index (κ2) is 58.1. The highest BCUT2D eigenvalue weighted by Crippen LogP contribution is 2.14. The molecule has 0 saturated carbocycles. The van der Waals surface area contributed by atoms with Crippen molar-refractivity contribution in [2.75, 3.05) is 65.4 Å². The minimum atomic E-state index is 0.0661. The topological polar surface area (TPSA) is 123 Å².